The number of fused-ring (bicyclic) bond motifs is 1. The van der Waals surface area contributed by atoms with Crippen molar-refractivity contribution in [2.24, 2.45) is 0 Å². The van der Waals surface area contributed by atoms with Gasteiger partial charge in [-0.2, -0.15) is 0 Å². The van der Waals surface area contributed by atoms with Gasteiger partial charge >= 0.3 is 0 Å². The molecule has 0 unspecified atom stereocenters. The Morgan fingerprint density at radius 3 is 2.29 bits per heavy atom. The Kier molecular flexibility index (Phi) is 3.97. The van der Waals surface area contributed by atoms with Crippen LogP contribution in [0.1, 0.15) is 31.9 Å². The highest BCUT2D eigenvalue weighted by Gasteiger charge is 1.95. The molecule has 0 aliphatic heterocycles. The second kappa shape index (κ2) is 5.26. The van der Waals surface area contributed by atoms with Gasteiger partial charge in [-0.05, 0) is 29.7 Å². The molecule has 0 radical (unpaired) electrons. The van der Waals surface area contributed by atoms with E-state index >= 15 is 0 Å². The lowest BCUT2D eigenvalue weighted by molar-refractivity contribution is 1.50. The molecule has 72 valence electrons. The fourth-order valence-corrected chi connectivity index (χ4v) is 1.25. The fraction of sp³-hybridized carbons (Fsp3) is 0.214. The lowest BCUT2D eigenvalue weighted by atomic mass is 10.1. The van der Waals surface area contributed by atoms with E-state index in [9.17, 15) is 0 Å². The van der Waals surface area contributed by atoms with E-state index in [-0.39, 0.29) is 0 Å². The zero-order chi connectivity index (χ0) is 10.4. The first-order valence-electron chi connectivity index (χ1n) is 5.07. The predicted octanol–water partition coefficient (Wildman–Crippen LogP) is 4.30. The third-order valence-corrected chi connectivity index (χ3v) is 1.96. The Balaban J connectivity index is 0.000000461. The van der Waals surface area contributed by atoms with Gasteiger partial charge in [0, 0.05) is 0 Å². The first-order valence-corrected chi connectivity index (χ1v) is 5.07. The molecule has 0 saturated heterocycles. The molecule has 1 aromatic rings. The van der Waals surface area contributed by atoms with Crippen LogP contribution in [0.4, 0.5) is 0 Å². The quantitative estimate of drug-likeness (QED) is 0.527. The number of rotatable bonds is 0. The average molecular weight is 184 g/mol. The van der Waals surface area contributed by atoms with Crippen molar-refractivity contribution in [1.82, 2.24) is 0 Å². The summed E-state index contributed by atoms with van der Waals surface area (Å²) >= 11 is 0. The van der Waals surface area contributed by atoms with Crippen LogP contribution in [-0.4, -0.2) is 0 Å². The third kappa shape index (κ3) is 2.48. The summed E-state index contributed by atoms with van der Waals surface area (Å²) in [6.07, 6.45) is 6.24. The van der Waals surface area contributed by atoms with E-state index in [4.69, 9.17) is 0 Å². The van der Waals surface area contributed by atoms with Gasteiger partial charge in [-0.15, -0.1) is 5.73 Å². The molecule has 1 aliphatic rings. The number of hydrogen-bond donors (Lipinski definition) is 0. The van der Waals surface area contributed by atoms with Gasteiger partial charge in [-0.3, -0.25) is 0 Å². The van der Waals surface area contributed by atoms with Crippen LogP contribution in [0.3, 0.4) is 0 Å². The van der Waals surface area contributed by atoms with Gasteiger partial charge in [-0.25, -0.2) is 0 Å². The molecule has 2 rings (SSSR count). The van der Waals surface area contributed by atoms with E-state index in [1.54, 1.807) is 0 Å². The van der Waals surface area contributed by atoms with Crippen LogP contribution >= 0.6 is 0 Å². The normalized spacial score (nSPS) is 12.1. The van der Waals surface area contributed by atoms with E-state index in [1.165, 1.54) is 16.7 Å². The molecule has 0 heterocycles. The van der Waals surface area contributed by atoms with E-state index in [0.29, 0.717) is 0 Å². The topological polar surface area (TPSA) is 0 Å². The van der Waals surface area contributed by atoms with E-state index in [2.05, 4.69) is 43.0 Å². The van der Waals surface area contributed by atoms with Crippen LogP contribution in [0.2, 0.25) is 0 Å². The van der Waals surface area contributed by atoms with Gasteiger partial charge < -0.3 is 0 Å². The van der Waals surface area contributed by atoms with Crippen molar-refractivity contribution < 1.29 is 0 Å². The van der Waals surface area contributed by atoms with Crippen molar-refractivity contribution in [1.29, 1.82) is 0 Å². The van der Waals surface area contributed by atoms with Gasteiger partial charge in [0.25, 0.3) is 0 Å². The molecule has 0 aromatic heterocycles. The molecule has 0 fully saturated rings. The summed E-state index contributed by atoms with van der Waals surface area (Å²) < 4.78 is 0. The van der Waals surface area contributed by atoms with Crippen molar-refractivity contribution in [3.63, 3.8) is 0 Å². The first-order chi connectivity index (χ1) is 6.86. The highest BCUT2D eigenvalue weighted by molar-refractivity contribution is 5.68. The first kappa shape index (κ1) is 10.6. The Labute approximate surface area is 86.3 Å². The second-order valence-electron chi connectivity index (χ2n) is 2.93. The molecule has 0 N–H and O–H groups in total. The Morgan fingerprint density at radius 2 is 1.57 bits per heavy atom. The van der Waals surface area contributed by atoms with Crippen molar-refractivity contribution in [2.75, 3.05) is 0 Å². The maximum atomic E-state index is 3.21. The zero-order valence-corrected chi connectivity index (χ0v) is 9.04. The molecule has 0 spiro atoms. The molecule has 0 heteroatoms. The highest BCUT2D eigenvalue weighted by atomic mass is 14.0. The van der Waals surface area contributed by atoms with Crippen molar-refractivity contribution in [3.8, 4) is 0 Å². The fourth-order valence-electron chi connectivity index (χ4n) is 1.25. The largest absolute Gasteiger partial charge is 0.117 e. The summed E-state index contributed by atoms with van der Waals surface area (Å²) in [6.45, 7) is 6.05. The molecule has 1 aromatic carbocycles. The molecular weight excluding hydrogens is 168 g/mol. The molecule has 1 aliphatic carbocycles. The van der Waals surface area contributed by atoms with Crippen LogP contribution in [-0.2, 0) is 0 Å². The van der Waals surface area contributed by atoms with Gasteiger partial charge in [0.15, 0.2) is 0 Å². The van der Waals surface area contributed by atoms with Crippen LogP contribution in [0.25, 0.3) is 12.2 Å². The van der Waals surface area contributed by atoms with Crippen molar-refractivity contribution >= 4 is 12.2 Å². The smallest absolute Gasteiger partial charge is 0.00910 e. The summed E-state index contributed by atoms with van der Waals surface area (Å²) in [7, 11) is 0. The maximum absolute atomic E-state index is 3.21. The van der Waals surface area contributed by atoms with E-state index in [0.717, 1.165) is 0 Å². The standard InChI is InChI=1S/C12H10.C2H6/c1-10-6-8-11-4-2-3-5-12(11)9-7-10;1-2/h2-6,8-9H,1H3;1-2H3. The summed E-state index contributed by atoms with van der Waals surface area (Å²) in [6, 6.07) is 8.32. The number of allylic oxidation sites excluding steroid dienone is 2. The lowest BCUT2D eigenvalue weighted by Gasteiger charge is -1.96. The van der Waals surface area contributed by atoms with Gasteiger partial charge in [-0.1, -0.05) is 50.3 Å². The summed E-state index contributed by atoms with van der Waals surface area (Å²) in [5.74, 6) is 0. The Morgan fingerprint density at radius 1 is 0.929 bits per heavy atom. The SMILES string of the molecule is CC.CC1=C=Cc2ccccc2C=C1. The average Bonchev–Trinajstić information content (AvgIpc) is 2.45. The molecule has 0 bridgehead atoms. The minimum absolute atomic E-state index is 1.17. The molecule has 0 atom stereocenters. The summed E-state index contributed by atoms with van der Waals surface area (Å²) in [5.41, 5.74) is 6.88. The zero-order valence-electron chi connectivity index (χ0n) is 9.04. The van der Waals surface area contributed by atoms with Gasteiger partial charge in [0.05, 0.1) is 0 Å². The van der Waals surface area contributed by atoms with Crippen LogP contribution < -0.4 is 0 Å². The number of hydrogen-bond acceptors (Lipinski definition) is 0. The molecule has 0 nitrogen and oxygen atoms in total. The van der Waals surface area contributed by atoms with Crippen LogP contribution in [0.15, 0.2) is 41.6 Å². The predicted molar refractivity (Wildman–Crippen MR) is 64.0 cm³/mol. The highest BCUT2D eigenvalue weighted by Crippen LogP contribution is 2.15. The minimum atomic E-state index is 1.17. The van der Waals surface area contributed by atoms with E-state index in [1.807, 2.05) is 26.0 Å². The molecule has 14 heavy (non-hydrogen) atoms. The van der Waals surface area contributed by atoms with Gasteiger partial charge in [0.2, 0.25) is 0 Å². The van der Waals surface area contributed by atoms with Crippen LogP contribution in [0, 0.1) is 0 Å². The summed E-state index contributed by atoms with van der Waals surface area (Å²) in [4.78, 5) is 0. The van der Waals surface area contributed by atoms with Crippen LogP contribution in [0.5, 0.6) is 0 Å². The minimum Gasteiger partial charge on any atom is -0.117 e. The number of benzene rings is 1. The van der Waals surface area contributed by atoms with Gasteiger partial charge in [0.1, 0.15) is 0 Å². The van der Waals surface area contributed by atoms with E-state index < -0.39 is 0 Å². The molecule has 0 saturated carbocycles. The maximum Gasteiger partial charge on any atom is -0.00910 e. The lowest BCUT2D eigenvalue weighted by Crippen LogP contribution is -1.76. The summed E-state index contributed by atoms with van der Waals surface area (Å²) in [5, 5.41) is 0. The molecule has 0 amide bonds. The monoisotopic (exact) mass is 184 g/mol. The Hall–Kier alpha value is -1.52. The second-order valence-corrected chi connectivity index (χ2v) is 2.93. The van der Waals surface area contributed by atoms with Crippen molar-refractivity contribution in [2.45, 2.75) is 20.8 Å². The van der Waals surface area contributed by atoms with Crippen molar-refractivity contribution in [3.05, 3.63) is 52.8 Å². The molecular formula is C14H16. The third-order valence-electron chi connectivity index (χ3n) is 1.96. The Bertz CT molecular complexity index is 388.